The monoisotopic (exact) mass is 283 g/mol. The largest absolute Gasteiger partial charge is 0.480 e. The Hall–Kier alpha value is -1.59. The SMILES string of the molecule is Cc1cccc(C(=O)N2CC(O)CC2C(=O)O)c1Cl. The summed E-state index contributed by atoms with van der Waals surface area (Å²) in [5, 5.41) is 18.9. The van der Waals surface area contributed by atoms with E-state index in [0.29, 0.717) is 5.02 Å². The van der Waals surface area contributed by atoms with Crippen LogP contribution in [0.5, 0.6) is 0 Å². The van der Waals surface area contributed by atoms with Gasteiger partial charge in [0.05, 0.1) is 16.7 Å². The molecule has 1 amide bonds. The van der Waals surface area contributed by atoms with E-state index in [-0.39, 0.29) is 18.5 Å². The van der Waals surface area contributed by atoms with E-state index < -0.39 is 24.0 Å². The Balaban J connectivity index is 2.33. The van der Waals surface area contributed by atoms with Crippen molar-refractivity contribution in [1.29, 1.82) is 0 Å². The van der Waals surface area contributed by atoms with Gasteiger partial charge in [0.15, 0.2) is 0 Å². The van der Waals surface area contributed by atoms with Crippen LogP contribution < -0.4 is 0 Å². The summed E-state index contributed by atoms with van der Waals surface area (Å²) < 4.78 is 0. The number of aliphatic carboxylic acids is 1. The molecule has 1 aliphatic heterocycles. The van der Waals surface area contributed by atoms with Crippen LogP contribution in [-0.2, 0) is 4.79 Å². The fraction of sp³-hybridized carbons (Fsp3) is 0.385. The van der Waals surface area contributed by atoms with Gasteiger partial charge in [-0.1, -0.05) is 23.7 Å². The summed E-state index contributed by atoms with van der Waals surface area (Å²) in [5.41, 5.74) is 1.01. The molecule has 5 nitrogen and oxygen atoms in total. The zero-order chi connectivity index (χ0) is 14.2. The fourth-order valence-electron chi connectivity index (χ4n) is 2.24. The van der Waals surface area contributed by atoms with Crippen molar-refractivity contribution in [3.63, 3.8) is 0 Å². The van der Waals surface area contributed by atoms with Crippen LogP contribution in [-0.4, -0.2) is 45.7 Å². The summed E-state index contributed by atoms with van der Waals surface area (Å²) in [4.78, 5) is 24.6. The number of β-amino-alcohol motifs (C(OH)–C–C–N with tert-alkyl or cyclic N) is 1. The van der Waals surface area contributed by atoms with Crippen LogP contribution in [0.3, 0.4) is 0 Å². The Kier molecular flexibility index (Phi) is 3.78. The maximum atomic E-state index is 12.3. The summed E-state index contributed by atoms with van der Waals surface area (Å²) in [6, 6.07) is 4.02. The molecule has 1 saturated heterocycles. The van der Waals surface area contributed by atoms with Crippen molar-refractivity contribution >= 4 is 23.5 Å². The number of amides is 1. The van der Waals surface area contributed by atoms with Gasteiger partial charge in [-0.25, -0.2) is 4.79 Å². The first-order valence-electron chi connectivity index (χ1n) is 5.88. The van der Waals surface area contributed by atoms with Gasteiger partial charge >= 0.3 is 5.97 Å². The Morgan fingerprint density at radius 3 is 2.74 bits per heavy atom. The Morgan fingerprint density at radius 1 is 1.42 bits per heavy atom. The molecule has 0 radical (unpaired) electrons. The predicted octanol–water partition coefficient (Wildman–Crippen LogP) is 1.31. The Labute approximate surface area is 115 Å². The first-order chi connectivity index (χ1) is 8.91. The van der Waals surface area contributed by atoms with Gasteiger partial charge in [0.25, 0.3) is 5.91 Å². The highest BCUT2D eigenvalue weighted by Gasteiger charge is 2.39. The molecule has 0 aromatic heterocycles. The molecule has 2 unspecified atom stereocenters. The number of carboxylic acids is 1. The third kappa shape index (κ3) is 2.57. The molecule has 1 aromatic carbocycles. The molecule has 2 rings (SSSR count). The van der Waals surface area contributed by atoms with Crippen LogP contribution in [0.1, 0.15) is 22.3 Å². The number of aliphatic hydroxyl groups excluding tert-OH is 1. The van der Waals surface area contributed by atoms with Gasteiger partial charge in [-0.3, -0.25) is 4.79 Å². The number of rotatable bonds is 2. The lowest BCUT2D eigenvalue weighted by Crippen LogP contribution is -2.40. The van der Waals surface area contributed by atoms with E-state index in [1.54, 1.807) is 25.1 Å². The molecule has 0 bridgehead atoms. The van der Waals surface area contributed by atoms with E-state index in [9.17, 15) is 14.7 Å². The molecule has 2 atom stereocenters. The number of aryl methyl sites for hydroxylation is 1. The van der Waals surface area contributed by atoms with E-state index in [1.165, 1.54) is 0 Å². The second kappa shape index (κ2) is 5.19. The van der Waals surface area contributed by atoms with Crippen LogP contribution in [0.25, 0.3) is 0 Å². The number of hydrogen-bond acceptors (Lipinski definition) is 3. The molecule has 2 N–H and O–H groups in total. The number of nitrogens with zero attached hydrogens (tertiary/aromatic N) is 1. The zero-order valence-electron chi connectivity index (χ0n) is 10.3. The van der Waals surface area contributed by atoms with E-state index in [2.05, 4.69) is 0 Å². The van der Waals surface area contributed by atoms with Crippen LogP contribution in [0.15, 0.2) is 18.2 Å². The van der Waals surface area contributed by atoms with Crippen molar-refractivity contribution in [2.45, 2.75) is 25.5 Å². The minimum Gasteiger partial charge on any atom is -0.480 e. The van der Waals surface area contributed by atoms with E-state index in [1.807, 2.05) is 0 Å². The number of likely N-dealkylation sites (tertiary alicyclic amines) is 1. The summed E-state index contributed by atoms with van der Waals surface area (Å²) in [7, 11) is 0. The molecule has 0 saturated carbocycles. The van der Waals surface area contributed by atoms with Crippen molar-refractivity contribution in [1.82, 2.24) is 4.90 Å². The molecule has 1 heterocycles. The van der Waals surface area contributed by atoms with Gasteiger partial charge in [-0.15, -0.1) is 0 Å². The van der Waals surface area contributed by atoms with Crippen molar-refractivity contribution in [2.24, 2.45) is 0 Å². The average molecular weight is 284 g/mol. The number of aliphatic hydroxyl groups is 1. The minimum atomic E-state index is -1.12. The van der Waals surface area contributed by atoms with Gasteiger partial charge in [0, 0.05) is 13.0 Å². The van der Waals surface area contributed by atoms with Crippen molar-refractivity contribution in [3.8, 4) is 0 Å². The molecular formula is C13H14ClNO4. The standard InChI is InChI=1S/C13H14ClNO4/c1-7-3-2-4-9(11(7)14)12(17)15-6-8(16)5-10(15)13(18)19/h2-4,8,10,16H,5-6H2,1H3,(H,18,19). The van der Waals surface area contributed by atoms with Gasteiger partial charge in [-0.05, 0) is 18.6 Å². The second-order valence-corrected chi connectivity index (χ2v) is 5.02. The fourth-order valence-corrected chi connectivity index (χ4v) is 2.45. The van der Waals surface area contributed by atoms with Crippen LogP contribution in [0.2, 0.25) is 5.02 Å². The van der Waals surface area contributed by atoms with E-state index in [4.69, 9.17) is 16.7 Å². The Bertz CT molecular complexity index is 531. The van der Waals surface area contributed by atoms with Crippen LogP contribution >= 0.6 is 11.6 Å². The maximum absolute atomic E-state index is 12.3. The van der Waals surface area contributed by atoms with Crippen molar-refractivity contribution < 1.29 is 19.8 Å². The molecule has 1 fully saturated rings. The lowest BCUT2D eigenvalue weighted by atomic mass is 10.1. The third-order valence-electron chi connectivity index (χ3n) is 3.25. The molecule has 6 heteroatoms. The molecule has 0 aliphatic carbocycles. The topological polar surface area (TPSA) is 77.8 Å². The van der Waals surface area contributed by atoms with Crippen LogP contribution in [0.4, 0.5) is 0 Å². The van der Waals surface area contributed by atoms with E-state index in [0.717, 1.165) is 10.5 Å². The van der Waals surface area contributed by atoms with Gasteiger partial charge in [0.2, 0.25) is 0 Å². The van der Waals surface area contributed by atoms with Crippen molar-refractivity contribution in [2.75, 3.05) is 6.54 Å². The highest BCUT2D eigenvalue weighted by atomic mass is 35.5. The summed E-state index contributed by atoms with van der Waals surface area (Å²) >= 11 is 6.07. The molecule has 0 spiro atoms. The van der Waals surface area contributed by atoms with Gasteiger partial charge < -0.3 is 15.1 Å². The normalized spacial score (nSPS) is 22.6. The number of halogens is 1. The Morgan fingerprint density at radius 2 is 2.11 bits per heavy atom. The number of carboxylic acid groups (broad SMARTS) is 1. The lowest BCUT2D eigenvalue weighted by Gasteiger charge is -2.22. The maximum Gasteiger partial charge on any atom is 0.326 e. The summed E-state index contributed by atoms with van der Waals surface area (Å²) in [6.45, 7) is 1.78. The second-order valence-electron chi connectivity index (χ2n) is 4.64. The number of benzene rings is 1. The highest BCUT2D eigenvalue weighted by Crippen LogP contribution is 2.26. The molecular weight excluding hydrogens is 270 g/mol. The number of carbonyl (C=O) groups is 2. The molecule has 1 aromatic rings. The predicted molar refractivity (Wildman–Crippen MR) is 69.3 cm³/mol. The number of carbonyl (C=O) groups excluding carboxylic acids is 1. The summed E-state index contributed by atoms with van der Waals surface area (Å²) in [5.74, 6) is -1.58. The highest BCUT2D eigenvalue weighted by molar-refractivity contribution is 6.34. The quantitative estimate of drug-likeness (QED) is 0.858. The first kappa shape index (κ1) is 13.8. The molecule has 1 aliphatic rings. The van der Waals surface area contributed by atoms with Gasteiger partial charge in [-0.2, -0.15) is 0 Å². The van der Waals surface area contributed by atoms with Crippen molar-refractivity contribution in [3.05, 3.63) is 34.3 Å². The lowest BCUT2D eigenvalue weighted by molar-refractivity contribution is -0.141. The van der Waals surface area contributed by atoms with E-state index >= 15 is 0 Å². The van der Waals surface area contributed by atoms with Gasteiger partial charge in [0.1, 0.15) is 6.04 Å². The molecule has 102 valence electrons. The number of hydrogen-bond donors (Lipinski definition) is 2. The first-order valence-corrected chi connectivity index (χ1v) is 6.26. The minimum absolute atomic E-state index is 0.0140. The molecule has 19 heavy (non-hydrogen) atoms. The smallest absolute Gasteiger partial charge is 0.326 e. The third-order valence-corrected chi connectivity index (χ3v) is 3.75. The summed E-state index contributed by atoms with van der Waals surface area (Å²) in [6.07, 6.45) is -0.765. The zero-order valence-corrected chi connectivity index (χ0v) is 11.1. The average Bonchev–Trinajstić information content (AvgIpc) is 2.74. The van der Waals surface area contributed by atoms with Crippen LogP contribution in [0, 0.1) is 6.92 Å².